The molecule has 0 amide bonds. The molecule has 1 saturated heterocycles. The maximum Gasteiger partial charge on any atom is 0.209 e. The highest BCUT2D eigenvalue weighted by Gasteiger charge is 2.28. The molecule has 0 saturated carbocycles. The van der Waals surface area contributed by atoms with E-state index in [0.29, 0.717) is 17.9 Å². The highest BCUT2D eigenvalue weighted by molar-refractivity contribution is 7.88. The van der Waals surface area contributed by atoms with Gasteiger partial charge in [-0.3, -0.25) is 4.98 Å². The fraction of sp³-hybridized carbons (Fsp3) is 0.368. The number of nitriles is 1. The Kier molecular flexibility index (Phi) is 6.06. The molecule has 2 aromatic rings. The van der Waals surface area contributed by atoms with Crippen molar-refractivity contribution in [2.45, 2.75) is 25.0 Å². The van der Waals surface area contributed by atoms with Gasteiger partial charge in [-0.25, -0.2) is 13.1 Å². The Morgan fingerprint density at radius 2 is 2.07 bits per heavy atom. The highest BCUT2D eigenvalue weighted by Crippen LogP contribution is 2.22. The maximum atomic E-state index is 11.5. The van der Waals surface area contributed by atoms with Crippen molar-refractivity contribution < 1.29 is 17.9 Å². The van der Waals surface area contributed by atoms with Crippen LogP contribution in [0.1, 0.15) is 18.4 Å². The molecule has 0 radical (unpaired) electrons. The lowest BCUT2D eigenvalue weighted by Crippen LogP contribution is -2.49. The highest BCUT2D eigenvalue weighted by atomic mass is 32.2. The van der Waals surface area contributed by atoms with Crippen molar-refractivity contribution in [2.75, 3.05) is 19.5 Å². The van der Waals surface area contributed by atoms with Crippen molar-refractivity contribution in [1.82, 2.24) is 9.71 Å². The third-order valence-corrected chi connectivity index (χ3v) is 4.99. The summed E-state index contributed by atoms with van der Waals surface area (Å²) in [5.74, 6) is 0.666. The monoisotopic (exact) mass is 387 g/mol. The third-order valence-electron chi connectivity index (χ3n) is 4.26. The summed E-state index contributed by atoms with van der Waals surface area (Å²) in [4.78, 5) is 4.26. The molecule has 1 aromatic heterocycles. The number of hydrogen-bond acceptors (Lipinski definition) is 6. The number of rotatable bonds is 6. The van der Waals surface area contributed by atoms with Crippen molar-refractivity contribution in [2.24, 2.45) is 0 Å². The van der Waals surface area contributed by atoms with Gasteiger partial charge in [0.2, 0.25) is 10.0 Å². The topological polar surface area (TPSA) is 101 Å². The van der Waals surface area contributed by atoms with Gasteiger partial charge in [-0.15, -0.1) is 0 Å². The number of nitrogens with zero attached hydrogens (tertiary/aromatic N) is 2. The molecule has 27 heavy (non-hydrogen) atoms. The quantitative estimate of drug-likeness (QED) is 0.814. The first-order chi connectivity index (χ1) is 12.9. The van der Waals surface area contributed by atoms with Gasteiger partial charge in [0, 0.05) is 18.4 Å². The minimum Gasteiger partial charge on any atom is -0.491 e. The second-order valence-corrected chi connectivity index (χ2v) is 8.21. The van der Waals surface area contributed by atoms with Crippen molar-refractivity contribution in [3.8, 4) is 23.1 Å². The minimum atomic E-state index is -3.29. The molecule has 1 N–H and O–H groups in total. The van der Waals surface area contributed by atoms with Crippen molar-refractivity contribution in [1.29, 1.82) is 5.26 Å². The smallest absolute Gasteiger partial charge is 0.209 e. The molecule has 2 heterocycles. The van der Waals surface area contributed by atoms with Crippen LogP contribution < -0.4 is 9.46 Å². The third kappa shape index (κ3) is 5.50. The normalized spacial score (nSPS) is 20.0. The van der Waals surface area contributed by atoms with Gasteiger partial charge >= 0.3 is 0 Å². The van der Waals surface area contributed by atoms with E-state index < -0.39 is 10.0 Å². The molecule has 1 fully saturated rings. The van der Waals surface area contributed by atoms with Crippen molar-refractivity contribution in [3.63, 3.8) is 0 Å². The van der Waals surface area contributed by atoms with Crippen LogP contribution in [0.5, 0.6) is 5.75 Å². The van der Waals surface area contributed by atoms with Crippen LogP contribution in [0, 0.1) is 11.3 Å². The number of pyridine rings is 1. The Morgan fingerprint density at radius 1 is 1.30 bits per heavy atom. The molecule has 8 heteroatoms. The lowest BCUT2D eigenvalue weighted by molar-refractivity contribution is -0.0278. The lowest BCUT2D eigenvalue weighted by atomic mass is 10.0. The van der Waals surface area contributed by atoms with Gasteiger partial charge in [0.1, 0.15) is 24.5 Å². The Hall–Kier alpha value is -2.47. The van der Waals surface area contributed by atoms with Gasteiger partial charge in [-0.1, -0.05) is 0 Å². The first-order valence-electron chi connectivity index (χ1n) is 8.63. The summed E-state index contributed by atoms with van der Waals surface area (Å²) in [5, 5.41) is 8.83. The maximum absolute atomic E-state index is 11.5. The predicted molar refractivity (Wildman–Crippen MR) is 101 cm³/mol. The molecule has 142 valence electrons. The molecule has 1 aromatic carbocycles. The van der Waals surface area contributed by atoms with Crippen LogP contribution in [0.15, 0.2) is 42.6 Å². The summed E-state index contributed by atoms with van der Waals surface area (Å²) in [6.45, 7) is 0.862. The molecule has 7 nitrogen and oxygen atoms in total. The summed E-state index contributed by atoms with van der Waals surface area (Å²) in [7, 11) is -3.29. The predicted octanol–water partition coefficient (Wildman–Crippen LogP) is 2.10. The molecule has 0 unspecified atom stereocenters. The fourth-order valence-corrected chi connectivity index (χ4v) is 3.76. The van der Waals surface area contributed by atoms with E-state index in [9.17, 15) is 8.42 Å². The Balaban J connectivity index is 1.61. The number of benzene rings is 1. The Bertz CT molecular complexity index is 905. The van der Waals surface area contributed by atoms with Crippen LogP contribution in [0.2, 0.25) is 0 Å². The minimum absolute atomic E-state index is 0.266. The molecule has 1 aliphatic heterocycles. The van der Waals surface area contributed by atoms with Gasteiger partial charge in [0.15, 0.2) is 0 Å². The molecule has 1 aliphatic rings. The molecular weight excluding hydrogens is 366 g/mol. The summed E-state index contributed by atoms with van der Waals surface area (Å²) in [5.41, 5.74) is 2.20. The second-order valence-electron chi connectivity index (χ2n) is 6.43. The lowest BCUT2D eigenvalue weighted by Gasteiger charge is -2.31. The van der Waals surface area contributed by atoms with E-state index in [2.05, 4.69) is 9.71 Å². The standard InChI is InChI=1S/C19H21N3O4S/c1-27(23,24)22-18-3-2-10-25-19(18)13-26-16-7-5-15(6-8-16)17-9-4-14(11-20)12-21-17/h4-9,12,18-19,22H,2-3,10,13H2,1H3/t18-,19+/m0/s1. The van der Waals surface area contributed by atoms with Gasteiger partial charge in [0.25, 0.3) is 0 Å². The molecule has 0 bridgehead atoms. The second kappa shape index (κ2) is 8.48. The van der Waals surface area contributed by atoms with Crippen molar-refractivity contribution in [3.05, 3.63) is 48.2 Å². The fourth-order valence-electron chi connectivity index (χ4n) is 2.95. The van der Waals surface area contributed by atoms with Crippen molar-refractivity contribution >= 4 is 10.0 Å². The van der Waals surface area contributed by atoms with Gasteiger partial charge in [-0.2, -0.15) is 5.26 Å². The summed E-state index contributed by atoms with van der Waals surface area (Å²) in [6.07, 6.45) is 3.90. The van der Waals surface area contributed by atoms with E-state index >= 15 is 0 Å². The number of hydrogen-bond donors (Lipinski definition) is 1. The number of nitrogens with one attached hydrogen (secondary N) is 1. The van der Waals surface area contributed by atoms with Crippen LogP contribution in [-0.2, 0) is 14.8 Å². The Labute approximate surface area is 159 Å². The summed E-state index contributed by atoms with van der Waals surface area (Å²) >= 11 is 0. The van der Waals surface area contributed by atoms with E-state index in [4.69, 9.17) is 14.7 Å². The van der Waals surface area contributed by atoms with Gasteiger partial charge in [0.05, 0.1) is 23.6 Å². The Morgan fingerprint density at radius 3 is 2.70 bits per heavy atom. The zero-order valence-corrected chi connectivity index (χ0v) is 15.8. The first kappa shape index (κ1) is 19.3. The van der Waals surface area contributed by atoms with E-state index in [0.717, 1.165) is 30.4 Å². The van der Waals surface area contributed by atoms with E-state index in [1.54, 1.807) is 12.1 Å². The SMILES string of the molecule is CS(=O)(=O)N[C@H]1CCCO[C@@H]1COc1ccc(-c2ccc(C#N)cn2)cc1. The van der Waals surface area contributed by atoms with Crippen LogP contribution >= 0.6 is 0 Å². The van der Waals surface area contributed by atoms with E-state index in [-0.39, 0.29) is 18.8 Å². The van der Waals surface area contributed by atoms with Crippen LogP contribution in [0.4, 0.5) is 0 Å². The van der Waals surface area contributed by atoms with Gasteiger partial charge < -0.3 is 9.47 Å². The average molecular weight is 387 g/mol. The number of aromatic nitrogens is 1. The first-order valence-corrected chi connectivity index (χ1v) is 10.5. The summed E-state index contributed by atoms with van der Waals surface area (Å²) < 4.78 is 37.1. The molecule has 2 atom stereocenters. The molecule has 0 spiro atoms. The van der Waals surface area contributed by atoms with Crippen LogP contribution in [0.3, 0.4) is 0 Å². The van der Waals surface area contributed by atoms with Crippen LogP contribution in [-0.4, -0.2) is 45.0 Å². The number of ether oxygens (including phenoxy) is 2. The average Bonchev–Trinajstić information content (AvgIpc) is 2.67. The van der Waals surface area contributed by atoms with E-state index in [1.165, 1.54) is 6.20 Å². The molecular formula is C19H21N3O4S. The number of sulfonamides is 1. The zero-order chi connectivity index (χ0) is 19.3. The van der Waals surface area contributed by atoms with E-state index in [1.807, 2.05) is 30.3 Å². The van der Waals surface area contributed by atoms with Crippen LogP contribution in [0.25, 0.3) is 11.3 Å². The molecule has 0 aliphatic carbocycles. The van der Waals surface area contributed by atoms with Gasteiger partial charge in [-0.05, 0) is 49.2 Å². The zero-order valence-electron chi connectivity index (χ0n) is 15.0. The largest absolute Gasteiger partial charge is 0.491 e. The molecule has 3 rings (SSSR count). The summed E-state index contributed by atoms with van der Waals surface area (Å²) in [6, 6.07) is 12.7.